The molecule has 3 heteroatoms. The van der Waals surface area contributed by atoms with Gasteiger partial charge >= 0.3 is 5.97 Å². The molecule has 0 bridgehead atoms. The maximum Gasteiger partial charge on any atom is 0.313 e. The van der Waals surface area contributed by atoms with Crippen molar-refractivity contribution in [3.63, 3.8) is 0 Å². The fraction of sp³-hybridized carbons (Fsp3) is 0.636. The van der Waals surface area contributed by atoms with Gasteiger partial charge in [0.2, 0.25) is 0 Å². The van der Waals surface area contributed by atoms with Crippen molar-refractivity contribution in [2.24, 2.45) is 5.92 Å². The van der Waals surface area contributed by atoms with Gasteiger partial charge in [-0.3, -0.25) is 9.59 Å². The highest BCUT2D eigenvalue weighted by Gasteiger charge is 2.30. The Morgan fingerprint density at radius 2 is 2.36 bits per heavy atom. The molecule has 3 nitrogen and oxygen atoms in total. The average Bonchev–Trinajstić information content (AvgIpc) is 2.55. The molecule has 0 saturated carbocycles. The molecule has 0 saturated heterocycles. The molecule has 78 valence electrons. The van der Waals surface area contributed by atoms with Crippen LogP contribution in [0.3, 0.4) is 0 Å². The lowest BCUT2D eigenvalue weighted by atomic mass is 9.97. The lowest BCUT2D eigenvalue weighted by Gasteiger charge is -2.10. The van der Waals surface area contributed by atoms with Crippen molar-refractivity contribution in [3.8, 4) is 0 Å². The lowest BCUT2D eigenvalue weighted by molar-refractivity contribution is -0.144. The summed E-state index contributed by atoms with van der Waals surface area (Å²) in [6, 6.07) is 0. The summed E-state index contributed by atoms with van der Waals surface area (Å²) in [5.41, 5.74) is 0.948. The number of unbranched alkanes of at least 4 members (excludes halogenated alkanes) is 1. The Balaban J connectivity index is 2.63. The van der Waals surface area contributed by atoms with Crippen LogP contribution >= 0.6 is 0 Å². The van der Waals surface area contributed by atoms with E-state index in [0.29, 0.717) is 6.42 Å². The smallest absolute Gasteiger partial charge is 0.313 e. The van der Waals surface area contributed by atoms with Crippen LogP contribution in [0, 0.1) is 5.92 Å². The van der Waals surface area contributed by atoms with Crippen LogP contribution in [0.5, 0.6) is 0 Å². The first-order valence-corrected chi connectivity index (χ1v) is 5.00. The normalized spacial score (nSPS) is 20.9. The minimum absolute atomic E-state index is 0.0477. The van der Waals surface area contributed by atoms with Gasteiger partial charge < -0.3 is 4.74 Å². The molecule has 0 heterocycles. The molecule has 0 aliphatic heterocycles. The molecule has 1 unspecified atom stereocenters. The van der Waals surface area contributed by atoms with E-state index < -0.39 is 0 Å². The summed E-state index contributed by atoms with van der Waals surface area (Å²) < 4.78 is 4.66. The molecule has 0 fully saturated rings. The topological polar surface area (TPSA) is 43.4 Å². The van der Waals surface area contributed by atoms with Crippen molar-refractivity contribution in [2.45, 2.75) is 32.6 Å². The van der Waals surface area contributed by atoms with Crippen LogP contribution in [0.25, 0.3) is 0 Å². The number of ether oxygens (including phenoxy) is 1. The number of hydrogen-bond donors (Lipinski definition) is 0. The molecular weight excluding hydrogens is 180 g/mol. The van der Waals surface area contributed by atoms with Crippen molar-refractivity contribution < 1.29 is 14.3 Å². The second-order valence-electron chi connectivity index (χ2n) is 3.57. The summed E-state index contributed by atoms with van der Waals surface area (Å²) in [5.74, 6) is -0.538. The Labute approximate surface area is 84.1 Å². The monoisotopic (exact) mass is 196 g/mol. The van der Waals surface area contributed by atoms with Gasteiger partial charge in [-0.1, -0.05) is 18.9 Å². The van der Waals surface area contributed by atoms with E-state index in [9.17, 15) is 9.59 Å². The van der Waals surface area contributed by atoms with Gasteiger partial charge in [0, 0.05) is 6.42 Å². The summed E-state index contributed by atoms with van der Waals surface area (Å²) in [5, 5.41) is 0. The Morgan fingerprint density at radius 3 is 2.93 bits per heavy atom. The standard InChI is InChI=1S/C11H16O3/c1-3-4-5-8-6-9(12)7-10(8)11(13)14-2/h6,10H,3-5,7H2,1-2H3. The number of rotatable bonds is 4. The molecule has 14 heavy (non-hydrogen) atoms. The first kappa shape index (κ1) is 11.0. The summed E-state index contributed by atoms with van der Waals surface area (Å²) in [4.78, 5) is 22.5. The Bertz CT molecular complexity index is 266. The molecule has 1 aliphatic rings. The molecular formula is C11H16O3. The number of methoxy groups -OCH3 is 1. The SMILES string of the molecule is CCCCC1=CC(=O)CC1C(=O)OC. The molecule has 0 aromatic heterocycles. The van der Waals surface area contributed by atoms with Gasteiger partial charge in [-0.15, -0.1) is 0 Å². The number of carbonyl (C=O) groups is 2. The number of allylic oxidation sites excluding steroid dienone is 1. The van der Waals surface area contributed by atoms with Crippen LogP contribution in [-0.2, 0) is 14.3 Å². The summed E-state index contributed by atoms with van der Waals surface area (Å²) >= 11 is 0. The van der Waals surface area contributed by atoms with E-state index >= 15 is 0 Å². The van der Waals surface area contributed by atoms with Crippen LogP contribution in [0.1, 0.15) is 32.6 Å². The number of esters is 1. The second kappa shape index (κ2) is 4.94. The molecule has 1 atom stereocenters. The van der Waals surface area contributed by atoms with E-state index in [2.05, 4.69) is 11.7 Å². The molecule has 0 spiro atoms. The van der Waals surface area contributed by atoms with Gasteiger partial charge in [0.1, 0.15) is 0 Å². The van der Waals surface area contributed by atoms with E-state index in [1.165, 1.54) is 7.11 Å². The molecule has 1 aliphatic carbocycles. The van der Waals surface area contributed by atoms with Gasteiger partial charge in [0.25, 0.3) is 0 Å². The lowest BCUT2D eigenvalue weighted by Crippen LogP contribution is -2.16. The predicted molar refractivity (Wildman–Crippen MR) is 52.7 cm³/mol. The minimum Gasteiger partial charge on any atom is -0.469 e. The summed E-state index contributed by atoms with van der Waals surface area (Å²) in [7, 11) is 1.36. The van der Waals surface area contributed by atoms with Crippen LogP contribution in [0.15, 0.2) is 11.6 Å². The van der Waals surface area contributed by atoms with Crippen molar-refractivity contribution in [3.05, 3.63) is 11.6 Å². The average molecular weight is 196 g/mol. The summed E-state index contributed by atoms with van der Waals surface area (Å²) in [6.07, 6.45) is 4.83. The zero-order chi connectivity index (χ0) is 10.6. The first-order chi connectivity index (χ1) is 6.69. The van der Waals surface area contributed by atoms with Crippen LogP contribution in [0.4, 0.5) is 0 Å². The Kier molecular flexibility index (Phi) is 3.86. The zero-order valence-corrected chi connectivity index (χ0v) is 8.71. The van der Waals surface area contributed by atoms with Gasteiger partial charge in [0.15, 0.2) is 5.78 Å². The van der Waals surface area contributed by atoms with Crippen molar-refractivity contribution >= 4 is 11.8 Å². The molecule has 0 amide bonds. The molecule has 0 aromatic rings. The third-order valence-corrected chi connectivity index (χ3v) is 2.50. The third-order valence-electron chi connectivity index (χ3n) is 2.50. The summed E-state index contributed by atoms with van der Waals surface area (Å²) in [6.45, 7) is 2.09. The van der Waals surface area contributed by atoms with Gasteiger partial charge in [0.05, 0.1) is 13.0 Å². The van der Waals surface area contributed by atoms with Gasteiger partial charge in [-0.25, -0.2) is 0 Å². The Morgan fingerprint density at radius 1 is 1.64 bits per heavy atom. The molecule has 0 aromatic carbocycles. The van der Waals surface area contributed by atoms with Gasteiger partial charge in [-0.2, -0.15) is 0 Å². The number of ketones is 1. The molecule has 0 N–H and O–H groups in total. The highest BCUT2D eigenvalue weighted by molar-refractivity contribution is 5.98. The molecule has 1 rings (SSSR count). The predicted octanol–water partition coefficient (Wildman–Crippen LogP) is 1.86. The highest BCUT2D eigenvalue weighted by atomic mass is 16.5. The first-order valence-electron chi connectivity index (χ1n) is 5.00. The zero-order valence-electron chi connectivity index (χ0n) is 8.71. The van der Waals surface area contributed by atoms with E-state index in [-0.39, 0.29) is 17.7 Å². The van der Waals surface area contributed by atoms with Crippen molar-refractivity contribution in [1.29, 1.82) is 0 Å². The van der Waals surface area contributed by atoms with Crippen molar-refractivity contribution in [2.75, 3.05) is 7.11 Å². The fourth-order valence-corrected chi connectivity index (χ4v) is 1.70. The van der Waals surface area contributed by atoms with Crippen LogP contribution in [0.2, 0.25) is 0 Å². The molecule has 0 radical (unpaired) electrons. The van der Waals surface area contributed by atoms with E-state index in [1.807, 2.05) is 0 Å². The maximum atomic E-state index is 11.3. The van der Waals surface area contributed by atoms with E-state index in [0.717, 1.165) is 24.8 Å². The minimum atomic E-state index is -0.306. The van der Waals surface area contributed by atoms with Crippen LogP contribution < -0.4 is 0 Å². The van der Waals surface area contributed by atoms with Gasteiger partial charge in [-0.05, 0) is 18.9 Å². The number of carbonyl (C=O) groups excluding carboxylic acids is 2. The third kappa shape index (κ3) is 2.44. The number of hydrogen-bond acceptors (Lipinski definition) is 3. The van der Waals surface area contributed by atoms with Crippen molar-refractivity contribution in [1.82, 2.24) is 0 Å². The Hall–Kier alpha value is -1.12. The quantitative estimate of drug-likeness (QED) is 0.644. The maximum absolute atomic E-state index is 11.3. The largest absolute Gasteiger partial charge is 0.469 e. The fourth-order valence-electron chi connectivity index (χ4n) is 1.70. The van der Waals surface area contributed by atoms with Crippen LogP contribution in [-0.4, -0.2) is 18.9 Å². The van der Waals surface area contributed by atoms with E-state index in [4.69, 9.17) is 0 Å². The second-order valence-corrected chi connectivity index (χ2v) is 3.57. The van der Waals surface area contributed by atoms with E-state index in [1.54, 1.807) is 6.08 Å². The highest BCUT2D eigenvalue weighted by Crippen LogP contribution is 2.28.